The van der Waals surface area contributed by atoms with Crippen LogP contribution in [0.3, 0.4) is 0 Å². The van der Waals surface area contributed by atoms with Crippen LogP contribution in [0.4, 0.5) is 0 Å². The third kappa shape index (κ3) is 4.22. The van der Waals surface area contributed by atoms with Crippen LogP contribution in [-0.2, 0) is 21.2 Å². The van der Waals surface area contributed by atoms with Gasteiger partial charge in [-0.05, 0) is 55.2 Å². The van der Waals surface area contributed by atoms with Gasteiger partial charge in [0.1, 0.15) is 6.04 Å². The van der Waals surface area contributed by atoms with Crippen molar-refractivity contribution in [3.8, 4) is 0 Å². The van der Waals surface area contributed by atoms with Crippen LogP contribution < -0.4 is 10.0 Å². The molecular weight excluding hydrogens is 398 g/mol. The van der Waals surface area contributed by atoms with Crippen LogP contribution in [0.2, 0.25) is 5.02 Å². The van der Waals surface area contributed by atoms with E-state index in [1.165, 1.54) is 24.3 Å². The molecule has 146 valence electrons. The van der Waals surface area contributed by atoms with Gasteiger partial charge >= 0.3 is 0 Å². The second kappa shape index (κ2) is 7.58. The van der Waals surface area contributed by atoms with Crippen molar-refractivity contribution in [2.45, 2.75) is 36.2 Å². The first-order chi connectivity index (χ1) is 13.4. The van der Waals surface area contributed by atoms with Crippen molar-refractivity contribution in [3.05, 3.63) is 65.3 Å². The van der Waals surface area contributed by atoms with Crippen molar-refractivity contribution >= 4 is 38.4 Å². The number of carbonyl (C=O) groups is 1. The molecule has 1 atom stereocenters. The first-order valence-corrected chi connectivity index (χ1v) is 10.9. The summed E-state index contributed by atoms with van der Waals surface area (Å²) in [5.41, 5.74) is 1.82. The summed E-state index contributed by atoms with van der Waals surface area (Å²) < 4.78 is 28.2. The van der Waals surface area contributed by atoms with Crippen molar-refractivity contribution in [2.24, 2.45) is 0 Å². The summed E-state index contributed by atoms with van der Waals surface area (Å²) in [7, 11) is -3.87. The number of rotatable bonds is 7. The maximum Gasteiger partial charge on any atom is 0.241 e. The van der Waals surface area contributed by atoms with Crippen molar-refractivity contribution < 1.29 is 13.2 Å². The lowest BCUT2D eigenvalue weighted by Gasteiger charge is -2.18. The number of hydrogen-bond acceptors (Lipinski definition) is 3. The van der Waals surface area contributed by atoms with Gasteiger partial charge in [0.25, 0.3) is 0 Å². The molecule has 0 spiro atoms. The number of aromatic amines is 1. The number of hydrogen-bond donors (Lipinski definition) is 3. The van der Waals surface area contributed by atoms with E-state index in [1.54, 1.807) is 0 Å². The minimum Gasteiger partial charge on any atom is -0.361 e. The number of carbonyl (C=O) groups excluding carboxylic acids is 1. The second-order valence-corrected chi connectivity index (χ2v) is 9.12. The van der Waals surface area contributed by atoms with Gasteiger partial charge in [0.05, 0.1) is 4.90 Å². The van der Waals surface area contributed by atoms with E-state index in [0.29, 0.717) is 5.02 Å². The van der Waals surface area contributed by atoms with Crippen molar-refractivity contribution in [1.29, 1.82) is 0 Å². The average Bonchev–Trinajstić information content (AvgIpc) is 3.40. The lowest BCUT2D eigenvalue weighted by molar-refractivity contribution is -0.122. The van der Waals surface area contributed by atoms with E-state index in [-0.39, 0.29) is 23.3 Å². The van der Waals surface area contributed by atoms with Crippen LogP contribution in [0, 0.1) is 0 Å². The Morgan fingerprint density at radius 1 is 1.14 bits per heavy atom. The summed E-state index contributed by atoms with van der Waals surface area (Å²) >= 11 is 5.85. The van der Waals surface area contributed by atoms with E-state index in [9.17, 15) is 13.2 Å². The number of fused-ring (bicyclic) bond motifs is 1. The van der Waals surface area contributed by atoms with Crippen molar-refractivity contribution in [2.75, 3.05) is 0 Å². The molecule has 2 aromatic carbocycles. The number of benzene rings is 2. The van der Waals surface area contributed by atoms with Crippen molar-refractivity contribution in [1.82, 2.24) is 15.0 Å². The highest BCUT2D eigenvalue weighted by Crippen LogP contribution is 2.22. The third-order valence-electron chi connectivity index (χ3n) is 4.76. The van der Waals surface area contributed by atoms with Crippen LogP contribution in [0.1, 0.15) is 18.4 Å². The van der Waals surface area contributed by atoms with E-state index in [0.717, 1.165) is 29.3 Å². The average molecular weight is 418 g/mol. The summed E-state index contributed by atoms with van der Waals surface area (Å²) in [4.78, 5) is 16.0. The maximum atomic E-state index is 12.8. The Kier molecular flexibility index (Phi) is 5.14. The number of sulfonamides is 1. The SMILES string of the molecule is O=C(NC1CC1)[C@@H](Cc1c[nH]c2ccccc12)NS(=O)(=O)c1ccc(Cl)cc1. The normalized spacial score (nSPS) is 15.5. The zero-order valence-corrected chi connectivity index (χ0v) is 16.6. The fourth-order valence-electron chi connectivity index (χ4n) is 3.11. The van der Waals surface area contributed by atoms with Gasteiger partial charge in [-0.15, -0.1) is 0 Å². The molecule has 0 saturated heterocycles. The topological polar surface area (TPSA) is 91.1 Å². The van der Waals surface area contributed by atoms with Crippen LogP contribution >= 0.6 is 11.6 Å². The number of aromatic nitrogens is 1. The largest absolute Gasteiger partial charge is 0.361 e. The van der Waals surface area contributed by atoms with E-state index >= 15 is 0 Å². The Balaban J connectivity index is 1.61. The first-order valence-electron chi connectivity index (χ1n) is 9.06. The molecule has 1 saturated carbocycles. The van der Waals surface area contributed by atoms with Gasteiger partial charge < -0.3 is 10.3 Å². The number of halogens is 1. The highest BCUT2D eigenvalue weighted by Gasteiger charge is 2.31. The Bertz CT molecular complexity index is 1110. The predicted octanol–water partition coefficient (Wildman–Crippen LogP) is 2.99. The van der Waals surface area contributed by atoms with Crippen molar-refractivity contribution in [3.63, 3.8) is 0 Å². The van der Waals surface area contributed by atoms with E-state index < -0.39 is 16.1 Å². The minimum atomic E-state index is -3.87. The van der Waals surface area contributed by atoms with Gasteiger partial charge in [-0.25, -0.2) is 8.42 Å². The lowest BCUT2D eigenvalue weighted by Crippen LogP contribution is -2.48. The molecular formula is C20H20ClN3O3S. The molecule has 28 heavy (non-hydrogen) atoms. The molecule has 1 amide bonds. The molecule has 8 heteroatoms. The Hall–Kier alpha value is -2.35. The van der Waals surface area contributed by atoms with Gasteiger partial charge in [-0.2, -0.15) is 4.72 Å². The maximum absolute atomic E-state index is 12.8. The number of H-pyrrole nitrogens is 1. The fraction of sp³-hybridized carbons (Fsp3) is 0.250. The fourth-order valence-corrected chi connectivity index (χ4v) is 4.43. The quantitative estimate of drug-likeness (QED) is 0.552. The highest BCUT2D eigenvalue weighted by atomic mass is 35.5. The molecule has 1 aromatic heterocycles. The highest BCUT2D eigenvalue weighted by molar-refractivity contribution is 7.89. The molecule has 3 N–H and O–H groups in total. The van der Waals surface area contributed by atoms with Gasteiger partial charge in [0, 0.05) is 28.2 Å². The third-order valence-corrected chi connectivity index (χ3v) is 6.50. The summed E-state index contributed by atoms with van der Waals surface area (Å²) in [6.45, 7) is 0. The monoisotopic (exact) mass is 417 g/mol. The molecule has 3 aromatic rings. The Morgan fingerprint density at radius 3 is 2.57 bits per heavy atom. The van der Waals surface area contributed by atoms with E-state index in [4.69, 9.17) is 11.6 Å². The smallest absolute Gasteiger partial charge is 0.241 e. The standard InChI is InChI=1S/C20H20ClN3O3S/c21-14-5-9-16(10-6-14)28(26,27)24-19(20(25)23-15-7-8-15)11-13-12-22-18-4-2-1-3-17(13)18/h1-6,9-10,12,15,19,22,24H,7-8,11H2,(H,23,25)/t19-/m1/s1. The molecule has 6 nitrogen and oxygen atoms in total. The molecule has 0 radical (unpaired) electrons. The zero-order chi connectivity index (χ0) is 19.7. The molecule has 4 rings (SSSR count). The summed E-state index contributed by atoms with van der Waals surface area (Å²) in [6, 6.07) is 12.8. The van der Waals surface area contributed by atoms with Crippen LogP contribution in [0.25, 0.3) is 10.9 Å². The molecule has 0 bridgehead atoms. The summed E-state index contributed by atoms with van der Waals surface area (Å²) in [6.07, 6.45) is 3.92. The van der Waals surface area contributed by atoms with Gasteiger partial charge in [0.15, 0.2) is 0 Å². The molecule has 0 unspecified atom stereocenters. The molecule has 0 aliphatic heterocycles. The number of nitrogens with one attached hydrogen (secondary N) is 3. The van der Waals surface area contributed by atoms with Crippen LogP contribution in [0.5, 0.6) is 0 Å². The first kappa shape index (κ1) is 19.0. The lowest BCUT2D eigenvalue weighted by atomic mass is 10.1. The van der Waals surface area contributed by atoms with E-state index in [1.807, 2.05) is 30.5 Å². The van der Waals surface area contributed by atoms with E-state index in [2.05, 4.69) is 15.0 Å². The Morgan fingerprint density at radius 2 is 1.86 bits per heavy atom. The molecule has 1 aliphatic rings. The summed E-state index contributed by atoms with van der Waals surface area (Å²) in [5, 5.41) is 4.32. The van der Waals surface area contributed by atoms with Crippen LogP contribution in [-0.4, -0.2) is 31.4 Å². The number of amides is 1. The Labute approximate surface area is 168 Å². The van der Waals surface area contributed by atoms with Crippen LogP contribution in [0.15, 0.2) is 59.6 Å². The van der Waals surface area contributed by atoms with Gasteiger partial charge in [-0.1, -0.05) is 29.8 Å². The predicted molar refractivity (Wildman–Crippen MR) is 109 cm³/mol. The van der Waals surface area contributed by atoms with Gasteiger partial charge in [-0.3, -0.25) is 4.79 Å². The molecule has 1 heterocycles. The number of para-hydroxylation sites is 1. The second-order valence-electron chi connectivity index (χ2n) is 6.97. The minimum absolute atomic E-state index is 0.0695. The summed E-state index contributed by atoms with van der Waals surface area (Å²) in [5.74, 6) is -0.315. The molecule has 1 fully saturated rings. The molecule has 1 aliphatic carbocycles. The zero-order valence-electron chi connectivity index (χ0n) is 15.0. The van der Waals surface area contributed by atoms with Gasteiger partial charge in [0.2, 0.25) is 15.9 Å².